The van der Waals surface area contributed by atoms with Gasteiger partial charge in [-0.3, -0.25) is 14.5 Å². The van der Waals surface area contributed by atoms with E-state index < -0.39 is 23.7 Å². The highest BCUT2D eigenvalue weighted by atomic mass is 16.5. The van der Waals surface area contributed by atoms with Crippen molar-refractivity contribution in [3.63, 3.8) is 0 Å². The van der Waals surface area contributed by atoms with Gasteiger partial charge in [-0.2, -0.15) is 0 Å². The number of ketones is 1. The lowest BCUT2D eigenvalue weighted by Gasteiger charge is -2.23. The molecule has 10 nitrogen and oxygen atoms in total. The van der Waals surface area contributed by atoms with E-state index in [1.54, 1.807) is 49.4 Å². The number of carbonyl (C=O) groups excluding carboxylic acids is 2. The Labute approximate surface area is 216 Å². The summed E-state index contributed by atoms with van der Waals surface area (Å²) in [6, 6.07) is 15.0. The lowest BCUT2D eigenvalue weighted by Crippen LogP contribution is -2.30. The second-order valence-corrected chi connectivity index (χ2v) is 8.73. The van der Waals surface area contributed by atoms with Crippen LogP contribution in [-0.2, 0) is 9.59 Å². The van der Waals surface area contributed by atoms with Crippen LogP contribution in [-0.4, -0.2) is 52.1 Å². The van der Waals surface area contributed by atoms with E-state index in [0.717, 1.165) is 5.56 Å². The van der Waals surface area contributed by atoms with E-state index in [9.17, 15) is 24.6 Å². The number of aromatic nitrogens is 2. The Hall–Kier alpha value is -5.12. The molecule has 1 atom stereocenters. The molecular formula is C28H23N3O7. The number of fused-ring (bicyclic) bond motifs is 1. The van der Waals surface area contributed by atoms with Crippen LogP contribution >= 0.6 is 0 Å². The normalized spacial score (nSPS) is 16.7. The van der Waals surface area contributed by atoms with Gasteiger partial charge >= 0.3 is 11.9 Å². The summed E-state index contributed by atoms with van der Waals surface area (Å²) >= 11 is 0. The van der Waals surface area contributed by atoms with Crippen molar-refractivity contribution in [1.29, 1.82) is 0 Å². The number of nitrogens with one attached hydrogen (secondary N) is 1. The van der Waals surface area contributed by atoms with Crippen molar-refractivity contribution >= 4 is 40.4 Å². The number of Topliss-reactive ketones (excluding diaryl/α,β-unsaturated/α-hetero) is 1. The number of hydrogen-bond donors (Lipinski definition) is 3. The third-order valence-corrected chi connectivity index (χ3v) is 6.47. The van der Waals surface area contributed by atoms with E-state index in [-0.39, 0.29) is 22.8 Å². The minimum atomic E-state index is -1.12. The Morgan fingerprint density at radius 1 is 0.974 bits per heavy atom. The van der Waals surface area contributed by atoms with Gasteiger partial charge in [0.05, 0.1) is 42.4 Å². The first-order valence-electron chi connectivity index (χ1n) is 11.6. The molecule has 1 aromatic heterocycles. The van der Waals surface area contributed by atoms with Crippen LogP contribution in [0.25, 0.3) is 16.8 Å². The highest BCUT2D eigenvalue weighted by Crippen LogP contribution is 2.42. The summed E-state index contributed by atoms with van der Waals surface area (Å²) in [7, 11) is 3.03. The van der Waals surface area contributed by atoms with E-state index in [2.05, 4.69) is 9.97 Å². The summed E-state index contributed by atoms with van der Waals surface area (Å²) < 4.78 is 10.7. The van der Waals surface area contributed by atoms with Crippen LogP contribution in [0.15, 0.2) is 66.2 Å². The second kappa shape index (κ2) is 9.40. The molecular weight excluding hydrogens is 490 g/mol. The molecule has 0 bridgehead atoms. The first kappa shape index (κ1) is 24.6. The van der Waals surface area contributed by atoms with Gasteiger partial charge < -0.3 is 24.7 Å². The maximum atomic E-state index is 13.4. The lowest BCUT2D eigenvalue weighted by atomic mass is 9.94. The topological polar surface area (TPSA) is 142 Å². The van der Waals surface area contributed by atoms with Crippen molar-refractivity contribution in [3.05, 3.63) is 88.5 Å². The van der Waals surface area contributed by atoms with Crippen molar-refractivity contribution in [2.45, 2.75) is 13.0 Å². The van der Waals surface area contributed by atoms with Crippen LogP contribution in [0.2, 0.25) is 0 Å². The van der Waals surface area contributed by atoms with Gasteiger partial charge in [-0.05, 0) is 66.6 Å². The summed E-state index contributed by atoms with van der Waals surface area (Å²) in [5, 5.41) is 20.7. The summed E-state index contributed by atoms with van der Waals surface area (Å²) in [5.74, 6) is -2.14. The Kier molecular flexibility index (Phi) is 6.08. The van der Waals surface area contributed by atoms with E-state index in [4.69, 9.17) is 9.47 Å². The molecule has 10 heteroatoms. The van der Waals surface area contributed by atoms with Crippen molar-refractivity contribution in [2.75, 3.05) is 19.1 Å². The number of aliphatic hydroxyl groups is 1. The first-order valence-corrected chi connectivity index (χ1v) is 11.6. The number of hydrogen-bond acceptors (Lipinski definition) is 7. The average Bonchev–Trinajstić information content (AvgIpc) is 3.45. The van der Waals surface area contributed by atoms with Crippen molar-refractivity contribution in [2.24, 2.45) is 0 Å². The summed E-state index contributed by atoms with van der Waals surface area (Å²) in [4.78, 5) is 46.9. The molecule has 192 valence electrons. The Morgan fingerprint density at radius 2 is 1.74 bits per heavy atom. The number of nitrogens with zero attached hydrogens (tertiary/aromatic N) is 2. The second-order valence-electron chi connectivity index (χ2n) is 8.73. The number of aromatic amines is 1. The molecule has 5 rings (SSSR count). The number of methoxy groups -OCH3 is 2. The maximum absolute atomic E-state index is 13.4. The molecule has 4 aromatic rings. The third-order valence-electron chi connectivity index (χ3n) is 6.47. The fourth-order valence-electron chi connectivity index (χ4n) is 4.60. The van der Waals surface area contributed by atoms with E-state index in [0.29, 0.717) is 33.7 Å². The number of carboxylic acid groups (broad SMARTS) is 1. The molecule has 1 unspecified atom stereocenters. The third kappa shape index (κ3) is 4.01. The van der Waals surface area contributed by atoms with Gasteiger partial charge in [-0.25, -0.2) is 9.78 Å². The van der Waals surface area contributed by atoms with E-state index in [1.165, 1.54) is 37.3 Å². The number of carboxylic acids is 1. The zero-order valence-corrected chi connectivity index (χ0v) is 20.7. The number of benzene rings is 3. The molecule has 0 spiro atoms. The maximum Gasteiger partial charge on any atom is 0.335 e. The van der Waals surface area contributed by atoms with Crippen molar-refractivity contribution < 1.29 is 34.1 Å². The number of imidazole rings is 1. The summed E-state index contributed by atoms with van der Waals surface area (Å²) in [6.07, 6.45) is 0. The molecule has 0 aliphatic carbocycles. The zero-order valence-electron chi connectivity index (χ0n) is 20.7. The molecule has 1 aliphatic heterocycles. The predicted octanol–water partition coefficient (Wildman–Crippen LogP) is 4.21. The fourth-order valence-corrected chi connectivity index (χ4v) is 4.60. The van der Waals surface area contributed by atoms with Crippen molar-refractivity contribution in [1.82, 2.24) is 9.97 Å². The molecule has 3 aromatic carbocycles. The molecule has 0 radical (unpaired) electrons. The van der Waals surface area contributed by atoms with Gasteiger partial charge in [-0.1, -0.05) is 12.1 Å². The fraction of sp³-hybridized carbons (Fsp3) is 0.143. The van der Waals surface area contributed by atoms with Crippen LogP contribution in [0.3, 0.4) is 0 Å². The number of aromatic carboxylic acids is 1. The summed E-state index contributed by atoms with van der Waals surface area (Å²) in [6.45, 7) is 1.80. The van der Waals surface area contributed by atoms with Gasteiger partial charge in [0, 0.05) is 5.56 Å². The molecule has 1 saturated heterocycles. The molecule has 3 N–H and O–H groups in total. The number of amides is 1. The van der Waals surface area contributed by atoms with Crippen LogP contribution in [0.4, 0.5) is 5.95 Å². The molecule has 1 aliphatic rings. The lowest BCUT2D eigenvalue weighted by molar-refractivity contribution is -0.132. The molecule has 38 heavy (non-hydrogen) atoms. The number of aliphatic hydroxyl groups excluding tert-OH is 1. The highest BCUT2D eigenvalue weighted by molar-refractivity contribution is 6.51. The number of anilines is 1. The Balaban J connectivity index is 1.72. The number of carbonyl (C=O) groups is 3. The number of rotatable bonds is 6. The van der Waals surface area contributed by atoms with Gasteiger partial charge in [-0.15, -0.1) is 0 Å². The van der Waals surface area contributed by atoms with E-state index >= 15 is 0 Å². The standard InChI is InChI=1S/C28H23N3O7/c1-14-11-16(8-10-21(14)38-3)24(32)22-23(15-5-4-6-18(12-15)37-2)31(26(34)25(22)33)28-29-19-9-7-17(27(35)36)13-20(19)30-28/h4-13,23,32H,1-3H3,(H,29,30)(H,35,36)/b24-22+. The minimum absolute atomic E-state index is 0.0300. The average molecular weight is 514 g/mol. The Bertz CT molecular complexity index is 1650. The molecule has 1 amide bonds. The van der Waals surface area contributed by atoms with Crippen LogP contribution in [0.1, 0.15) is 33.1 Å². The van der Waals surface area contributed by atoms with Crippen LogP contribution in [0, 0.1) is 6.92 Å². The zero-order chi connectivity index (χ0) is 27.1. The SMILES string of the molecule is COc1cccc(C2/C(=C(\O)c3ccc(OC)c(C)c3)C(=O)C(=O)N2c2nc3ccc(C(=O)O)cc3[nH]2)c1. The predicted molar refractivity (Wildman–Crippen MR) is 139 cm³/mol. The molecule has 2 heterocycles. The minimum Gasteiger partial charge on any atom is -0.507 e. The smallest absolute Gasteiger partial charge is 0.335 e. The quantitative estimate of drug-likeness (QED) is 0.198. The van der Waals surface area contributed by atoms with Gasteiger partial charge in [0.1, 0.15) is 17.3 Å². The van der Waals surface area contributed by atoms with Gasteiger partial charge in [0.15, 0.2) is 0 Å². The number of ether oxygens (including phenoxy) is 2. The largest absolute Gasteiger partial charge is 0.507 e. The van der Waals surface area contributed by atoms with Crippen LogP contribution < -0.4 is 14.4 Å². The number of H-pyrrole nitrogens is 1. The van der Waals surface area contributed by atoms with Gasteiger partial charge in [0.25, 0.3) is 5.78 Å². The van der Waals surface area contributed by atoms with Crippen LogP contribution in [0.5, 0.6) is 11.5 Å². The molecule has 0 saturated carbocycles. The molecule has 1 fully saturated rings. The van der Waals surface area contributed by atoms with Crippen molar-refractivity contribution in [3.8, 4) is 11.5 Å². The number of aryl methyl sites for hydroxylation is 1. The highest BCUT2D eigenvalue weighted by Gasteiger charge is 2.48. The van der Waals surface area contributed by atoms with E-state index in [1.807, 2.05) is 0 Å². The first-order chi connectivity index (χ1) is 18.2. The monoisotopic (exact) mass is 513 g/mol. The summed E-state index contributed by atoms with van der Waals surface area (Å²) in [5.41, 5.74) is 2.26. The van der Waals surface area contributed by atoms with Gasteiger partial charge in [0.2, 0.25) is 5.95 Å². The Morgan fingerprint density at radius 3 is 2.42 bits per heavy atom.